The fraction of sp³-hybridized carbons (Fsp3) is 0.800. The Kier molecular flexibility index (Phi) is 6.71. The summed E-state index contributed by atoms with van der Waals surface area (Å²) in [7, 11) is 3.20. The van der Waals surface area contributed by atoms with E-state index in [1.54, 1.807) is 14.2 Å². The predicted molar refractivity (Wildman–Crippen MR) is 59.5 cm³/mol. The van der Waals surface area contributed by atoms with Crippen LogP contribution in [0.2, 0.25) is 0 Å². The van der Waals surface area contributed by atoms with Crippen molar-refractivity contribution in [3.8, 4) is 0 Å². The third-order valence-corrected chi connectivity index (χ3v) is 2.05. The Morgan fingerprint density at radius 3 is 2.76 bits per heavy atom. The molecule has 0 aliphatic rings. The number of hydrogen-bond donors (Lipinski definition) is 1. The Morgan fingerprint density at radius 2 is 2.06 bits per heavy atom. The van der Waals surface area contributed by atoms with E-state index in [9.17, 15) is 0 Å². The molecule has 1 unspecified atom stereocenters. The number of rotatable bonds is 9. The highest BCUT2D eigenvalue weighted by Crippen LogP contribution is 2.07. The highest BCUT2D eigenvalue weighted by molar-refractivity contribution is 4.91. The van der Waals surface area contributed by atoms with Crippen molar-refractivity contribution in [3.63, 3.8) is 0 Å². The summed E-state index contributed by atoms with van der Waals surface area (Å²) < 4.78 is 20.1. The minimum absolute atomic E-state index is 0.353. The summed E-state index contributed by atoms with van der Waals surface area (Å²) in [6.07, 6.45) is 0.590. The molecule has 0 bridgehead atoms. The van der Waals surface area contributed by atoms with E-state index in [-0.39, 0.29) is 6.04 Å². The van der Waals surface area contributed by atoms with Gasteiger partial charge >= 0.3 is 0 Å². The molecule has 7 nitrogen and oxygen atoms in total. The van der Waals surface area contributed by atoms with Crippen molar-refractivity contribution in [2.45, 2.75) is 12.5 Å². The number of ether oxygens (including phenoxy) is 3. The third kappa shape index (κ3) is 5.22. The predicted octanol–water partition coefficient (Wildman–Crippen LogP) is -0.0787. The Bertz CT molecular complexity index is 305. The second-order valence-electron chi connectivity index (χ2n) is 3.47. The molecular formula is C10H19N3O4. The molecule has 98 valence electrons. The van der Waals surface area contributed by atoms with E-state index in [4.69, 9.17) is 24.5 Å². The van der Waals surface area contributed by atoms with Crippen LogP contribution in [0.3, 0.4) is 0 Å². The second kappa shape index (κ2) is 8.13. The summed E-state index contributed by atoms with van der Waals surface area (Å²) in [4.78, 5) is 4.15. The molecule has 0 radical (unpaired) electrons. The van der Waals surface area contributed by atoms with Crippen molar-refractivity contribution in [1.82, 2.24) is 10.1 Å². The van der Waals surface area contributed by atoms with Crippen LogP contribution < -0.4 is 5.73 Å². The topological polar surface area (TPSA) is 92.6 Å². The van der Waals surface area contributed by atoms with Crippen molar-refractivity contribution < 1.29 is 18.7 Å². The lowest BCUT2D eigenvalue weighted by molar-refractivity contribution is 0.0714. The molecule has 0 aliphatic carbocycles. The fourth-order valence-electron chi connectivity index (χ4n) is 1.18. The summed E-state index contributed by atoms with van der Waals surface area (Å²) in [5.41, 5.74) is 5.74. The lowest BCUT2D eigenvalue weighted by Gasteiger charge is -2.03. The molecule has 1 atom stereocenters. The van der Waals surface area contributed by atoms with E-state index >= 15 is 0 Å². The average molecular weight is 245 g/mol. The van der Waals surface area contributed by atoms with Gasteiger partial charge in [0.15, 0.2) is 5.82 Å². The normalized spacial score (nSPS) is 12.9. The van der Waals surface area contributed by atoms with Crippen LogP contribution in [-0.4, -0.2) is 50.8 Å². The summed E-state index contributed by atoms with van der Waals surface area (Å²) in [6.45, 7) is 2.02. The lowest BCUT2D eigenvalue weighted by Crippen LogP contribution is -2.16. The van der Waals surface area contributed by atoms with Gasteiger partial charge in [-0.2, -0.15) is 4.98 Å². The summed E-state index contributed by atoms with van der Waals surface area (Å²) in [6, 6.07) is -0.379. The average Bonchev–Trinajstić information content (AvgIpc) is 2.78. The van der Waals surface area contributed by atoms with E-state index in [0.717, 1.165) is 0 Å². The Labute approximate surface area is 100 Å². The standard InChI is InChI=1S/C10H19N3O4/c1-14-5-6-16-4-3-9-12-10(17-13-9)8(11)7-15-2/h8H,3-7,11H2,1-2H3. The van der Waals surface area contributed by atoms with Crippen molar-refractivity contribution in [2.75, 3.05) is 40.6 Å². The van der Waals surface area contributed by atoms with Crippen LogP contribution in [0.25, 0.3) is 0 Å². The van der Waals surface area contributed by atoms with E-state index in [0.29, 0.717) is 44.6 Å². The lowest BCUT2D eigenvalue weighted by atomic mass is 10.3. The summed E-state index contributed by atoms with van der Waals surface area (Å²) in [5.74, 6) is 0.975. The molecule has 1 aromatic heterocycles. The number of nitrogens with two attached hydrogens (primary N) is 1. The number of hydrogen-bond acceptors (Lipinski definition) is 7. The molecule has 7 heteroatoms. The van der Waals surface area contributed by atoms with Crippen LogP contribution in [0.15, 0.2) is 4.52 Å². The van der Waals surface area contributed by atoms with Crippen molar-refractivity contribution >= 4 is 0 Å². The van der Waals surface area contributed by atoms with Gasteiger partial charge in [0.2, 0.25) is 5.89 Å². The van der Waals surface area contributed by atoms with Gasteiger partial charge < -0.3 is 24.5 Å². The maximum absolute atomic E-state index is 5.74. The zero-order valence-electron chi connectivity index (χ0n) is 10.2. The van der Waals surface area contributed by atoms with Gasteiger partial charge in [-0.05, 0) is 0 Å². The van der Waals surface area contributed by atoms with Gasteiger partial charge in [-0.25, -0.2) is 0 Å². The van der Waals surface area contributed by atoms with Crippen LogP contribution in [0, 0.1) is 0 Å². The van der Waals surface area contributed by atoms with E-state index in [1.807, 2.05) is 0 Å². The molecule has 0 saturated carbocycles. The molecule has 1 heterocycles. The van der Waals surface area contributed by atoms with Gasteiger partial charge in [0, 0.05) is 20.6 Å². The minimum atomic E-state index is -0.379. The van der Waals surface area contributed by atoms with E-state index in [2.05, 4.69) is 10.1 Å². The first-order valence-corrected chi connectivity index (χ1v) is 5.41. The van der Waals surface area contributed by atoms with E-state index < -0.39 is 0 Å². The Hall–Kier alpha value is -1.02. The molecule has 1 rings (SSSR count). The van der Waals surface area contributed by atoms with Crippen molar-refractivity contribution in [3.05, 3.63) is 11.7 Å². The summed E-state index contributed by atoms with van der Waals surface area (Å²) in [5, 5.41) is 3.80. The second-order valence-corrected chi connectivity index (χ2v) is 3.47. The maximum Gasteiger partial charge on any atom is 0.245 e. The molecule has 0 fully saturated rings. The van der Waals surface area contributed by atoms with Gasteiger partial charge in [-0.15, -0.1) is 0 Å². The number of aromatic nitrogens is 2. The number of nitrogens with zero attached hydrogens (tertiary/aromatic N) is 2. The van der Waals surface area contributed by atoms with Crippen molar-refractivity contribution in [1.29, 1.82) is 0 Å². The molecular weight excluding hydrogens is 226 g/mol. The molecule has 1 aromatic rings. The quantitative estimate of drug-likeness (QED) is 0.608. The first kappa shape index (κ1) is 14.0. The van der Waals surface area contributed by atoms with Gasteiger partial charge in [-0.1, -0.05) is 5.16 Å². The first-order valence-electron chi connectivity index (χ1n) is 5.41. The highest BCUT2D eigenvalue weighted by atomic mass is 16.5. The zero-order chi connectivity index (χ0) is 12.5. The number of methoxy groups -OCH3 is 2. The molecule has 0 aromatic carbocycles. The van der Waals surface area contributed by atoms with Crippen molar-refractivity contribution in [2.24, 2.45) is 5.73 Å². The van der Waals surface area contributed by atoms with Crippen LogP contribution in [0.1, 0.15) is 17.8 Å². The molecule has 0 aliphatic heterocycles. The molecule has 0 amide bonds. The molecule has 2 N–H and O–H groups in total. The third-order valence-electron chi connectivity index (χ3n) is 2.05. The van der Waals surface area contributed by atoms with Crippen LogP contribution in [0.4, 0.5) is 0 Å². The largest absolute Gasteiger partial charge is 0.383 e. The van der Waals surface area contributed by atoms with Gasteiger partial charge in [0.1, 0.15) is 6.04 Å². The Morgan fingerprint density at radius 1 is 1.24 bits per heavy atom. The van der Waals surface area contributed by atoms with Gasteiger partial charge in [-0.3, -0.25) is 0 Å². The Balaban J connectivity index is 2.25. The van der Waals surface area contributed by atoms with Crippen LogP contribution >= 0.6 is 0 Å². The molecule has 0 saturated heterocycles. The van der Waals surface area contributed by atoms with Crippen LogP contribution in [0.5, 0.6) is 0 Å². The fourth-order valence-corrected chi connectivity index (χ4v) is 1.18. The molecule has 0 spiro atoms. The van der Waals surface area contributed by atoms with E-state index in [1.165, 1.54) is 0 Å². The first-order chi connectivity index (χ1) is 8.27. The van der Waals surface area contributed by atoms with Gasteiger partial charge in [0.05, 0.1) is 26.4 Å². The highest BCUT2D eigenvalue weighted by Gasteiger charge is 2.14. The van der Waals surface area contributed by atoms with Crippen LogP contribution in [-0.2, 0) is 20.6 Å². The molecule has 17 heavy (non-hydrogen) atoms. The minimum Gasteiger partial charge on any atom is -0.383 e. The SMILES string of the molecule is COCCOCCc1noc(C(N)COC)n1. The maximum atomic E-state index is 5.74. The summed E-state index contributed by atoms with van der Waals surface area (Å²) >= 11 is 0. The zero-order valence-corrected chi connectivity index (χ0v) is 10.2. The monoisotopic (exact) mass is 245 g/mol. The smallest absolute Gasteiger partial charge is 0.245 e. The van der Waals surface area contributed by atoms with Gasteiger partial charge in [0.25, 0.3) is 0 Å².